The van der Waals surface area contributed by atoms with E-state index in [0.29, 0.717) is 0 Å². The molecule has 0 heterocycles. The number of rotatable bonds is 14. The van der Waals surface area contributed by atoms with Gasteiger partial charge in [0.05, 0.1) is 0 Å². The molecule has 0 spiro atoms. The van der Waals surface area contributed by atoms with Gasteiger partial charge in [-0.3, -0.25) is 5.84 Å². The van der Waals surface area contributed by atoms with Crippen LogP contribution in [0, 0.1) is 0 Å². The van der Waals surface area contributed by atoms with Crippen molar-refractivity contribution >= 4 is 0 Å². The van der Waals surface area contributed by atoms with Crippen LogP contribution in [0.1, 0.15) is 90.9 Å². The van der Waals surface area contributed by atoms with Crippen LogP contribution in [0.15, 0.2) is 0 Å². The molecule has 2 N–H and O–H groups in total. The lowest BCUT2D eigenvalue weighted by atomic mass is 10.1. The van der Waals surface area contributed by atoms with E-state index in [-0.39, 0.29) is 0 Å². The summed E-state index contributed by atoms with van der Waals surface area (Å²) in [6.45, 7) is 6.67. The van der Waals surface area contributed by atoms with E-state index in [2.05, 4.69) is 13.8 Å². The predicted octanol–water partition coefficient (Wildman–Crippen LogP) is 4.88. The third kappa shape index (κ3) is 14.0. The molecular weight excluding hydrogens is 220 g/mol. The quantitative estimate of drug-likeness (QED) is 0.272. The van der Waals surface area contributed by atoms with Gasteiger partial charge in [0.2, 0.25) is 0 Å². The highest BCUT2D eigenvalue weighted by Crippen LogP contribution is 2.09. The Kier molecular flexibility index (Phi) is 14.9. The zero-order valence-corrected chi connectivity index (χ0v) is 12.9. The van der Waals surface area contributed by atoms with E-state index in [1.807, 2.05) is 5.01 Å². The van der Waals surface area contributed by atoms with Gasteiger partial charge in [-0.2, -0.15) is 0 Å². The summed E-state index contributed by atoms with van der Waals surface area (Å²) in [7, 11) is 0. The summed E-state index contributed by atoms with van der Waals surface area (Å²) in [4.78, 5) is 0. The first-order valence-corrected chi connectivity index (χ1v) is 8.30. The highest BCUT2D eigenvalue weighted by atomic mass is 15.4. The Morgan fingerprint density at radius 2 is 0.889 bits per heavy atom. The second kappa shape index (κ2) is 15.0. The molecule has 110 valence electrons. The van der Waals surface area contributed by atoms with E-state index < -0.39 is 0 Å². The summed E-state index contributed by atoms with van der Waals surface area (Å²) in [5.74, 6) is 5.94. The van der Waals surface area contributed by atoms with Gasteiger partial charge in [0, 0.05) is 13.1 Å². The maximum Gasteiger partial charge on any atom is 0.0128 e. The van der Waals surface area contributed by atoms with Gasteiger partial charge in [-0.25, -0.2) is 5.01 Å². The van der Waals surface area contributed by atoms with Gasteiger partial charge < -0.3 is 0 Å². The monoisotopic (exact) mass is 256 g/mol. The van der Waals surface area contributed by atoms with Crippen molar-refractivity contribution in [2.45, 2.75) is 90.9 Å². The van der Waals surface area contributed by atoms with Crippen molar-refractivity contribution in [1.82, 2.24) is 5.01 Å². The van der Waals surface area contributed by atoms with Crippen molar-refractivity contribution in [3.8, 4) is 0 Å². The molecule has 0 rings (SSSR count). The third-order valence-corrected chi connectivity index (χ3v) is 3.60. The topological polar surface area (TPSA) is 29.3 Å². The van der Waals surface area contributed by atoms with E-state index in [1.54, 1.807) is 0 Å². The van der Waals surface area contributed by atoms with Crippen LogP contribution in [-0.4, -0.2) is 18.1 Å². The van der Waals surface area contributed by atoms with E-state index >= 15 is 0 Å². The second-order valence-corrected chi connectivity index (χ2v) is 5.57. The summed E-state index contributed by atoms with van der Waals surface area (Å²) in [5.41, 5.74) is 0. The Balaban J connectivity index is 3.05. The maximum atomic E-state index is 5.94. The van der Waals surface area contributed by atoms with Crippen LogP contribution in [0.5, 0.6) is 0 Å². The zero-order chi connectivity index (χ0) is 13.5. The smallest absolute Gasteiger partial charge is 0.0128 e. The lowest BCUT2D eigenvalue weighted by Crippen LogP contribution is -2.32. The minimum Gasteiger partial charge on any atom is -0.269 e. The molecule has 0 aromatic carbocycles. The molecular formula is C16H36N2. The van der Waals surface area contributed by atoms with Gasteiger partial charge in [0.25, 0.3) is 0 Å². The third-order valence-electron chi connectivity index (χ3n) is 3.60. The number of nitrogens with two attached hydrogens (primary N) is 1. The lowest BCUT2D eigenvalue weighted by Gasteiger charge is -2.15. The average molecular weight is 256 g/mol. The van der Waals surface area contributed by atoms with Gasteiger partial charge >= 0.3 is 0 Å². The summed E-state index contributed by atoms with van der Waals surface area (Å²) in [6, 6.07) is 0. The molecule has 0 aromatic heterocycles. The van der Waals surface area contributed by atoms with Crippen LogP contribution in [0.2, 0.25) is 0 Å². The highest BCUT2D eigenvalue weighted by Gasteiger charge is 1.98. The van der Waals surface area contributed by atoms with Crippen LogP contribution in [0.3, 0.4) is 0 Å². The fourth-order valence-electron chi connectivity index (χ4n) is 2.30. The molecule has 0 radical (unpaired) electrons. The number of hydrogen-bond acceptors (Lipinski definition) is 2. The molecule has 18 heavy (non-hydrogen) atoms. The Hall–Kier alpha value is -0.0800. The first-order chi connectivity index (χ1) is 8.81. The molecule has 0 unspecified atom stereocenters. The SMILES string of the molecule is CCCCCCCCCCCN(N)CCCCC. The highest BCUT2D eigenvalue weighted by molar-refractivity contribution is 4.52. The number of unbranched alkanes of at least 4 members (excludes halogenated alkanes) is 10. The van der Waals surface area contributed by atoms with Crippen molar-refractivity contribution in [2.75, 3.05) is 13.1 Å². The van der Waals surface area contributed by atoms with Crippen molar-refractivity contribution in [1.29, 1.82) is 0 Å². The van der Waals surface area contributed by atoms with Crippen LogP contribution >= 0.6 is 0 Å². The van der Waals surface area contributed by atoms with Gasteiger partial charge in [0.1, 0.15) is 0 Å². The first-order valence-electron chi connectivity index (χ1n) is 8.30. The summed E-state index contributed by atoms with van der Waals surface area (Å²) in [5, 5.41) is 2.01. The molecule has 0 saturated heterocycles. The molecule has 0 fully saturated rings. The normalized spacial score (nSPS) is 11.3. The summed E-state index contributed by atoms with van der Waals surface area (Å²) < 4.78 is 0. The molecule has 2 heteroatoms. The van der Waals surface area contributed by atoms with E-state index in [9.17, 15) is 0 Å². The van der Waals surface area contributed by atoms with Gasteiger partial charge in [-0.1, -0.05) is 78.1 Å². The molecule has 2 nitrogen and oxygen atoms in total. The molecule has 0 amide bonds. The van der Waals surface area contributed by atoms with Crippen molar-refractivity contribution in [2.24, 2.45) is 5.84 Å². The largest absolute Gasteiger partial charge is 0.269 e. The van der Waals surface area contributed by atoms with Crippen molar-refractivity contribution < 1.29 is 0 Å². The fraction of sp³-hybridized carbons (Fsp3) is 1.00. The second-order valence-electron chi connectivity index (χ2n) is 5.57. The van der Waals surface area contributed by atoms with Gasteiger partial charge in [0.15, 0.2) is 0 Å². The maximum absolute atomic E-state index is 5.94. The average Bonchev–Trinajstić information content (AvgIpc) is 2.37. The minimum absolute atomic E-state index is 1.07. The molecule has 0 aliphatic heterocycles. The number of hydrazine groups is 1. The van der Waals surface area contributed by atoms with E-state index in [4.69, 9.17) is 5.84 Å². The van der Waals surface area contributed by atoms with E-state index in [1.165, 1.54) is 77.0 Å². The predicted molar refractivity (Wildman–Crippen MR) is 82.5 cm³/mol. The first kappa shape index (κ1) is 17.9. The molecule has 0 atom stereocenters. The molecule has 0 aliphatic carbocycles. The Labute approximate surface area is 115 Å². The Bertz CT molecular complexity index is 148. The van der Waals surface area contributed by atoms with Gasteiger partial charge in [-0.15, -0.1) is 0 Å². The van der Waals surface area contributed by atoms with Crippen LogP contribution in [0.25, 0.3) is 0 Å². The van der Waals surface area contributed by atoms with Gasteiger partial charge in [-0.05, 0) is 12.8 Å². The summed E-state index contributed by atoms with van der Waals surface area (Å²) >= 11 is 0. The lowest BCUT2D eigenvalue weighted by molar-refractivity contribution is 0.269. The standard InChI is InChI=1S/C16H36N2/c1-3-5-7-8-9-10-11-12-14-16-18(17)15-13-6-4-2/h3-17H2,1-2H3. The number of hydrogen-bond donors (Lipinski definition) is 1. The van der Waals surface area contributed by atoms with Crippen molar-refractivity contribution in [3.05, 3.63) is 0 Å². The molecule has 0 aromatic rings. The van der Waals surface area contributed by atoms with E-state index in [0.717, 1.165) is 13.1 Å². The number of nitrogens with zero attached hydrogens (tertiary/aromatic N) is 1. The minimum atomic E-state index is 1.07. The van der Waals surface area contributed by atoms with Crippen molar-refractivity contribution in [3.63, 3.8) is 0 Å². The zero-order valence-electron chi connectivity index (χ0n) is 12.9. The molecule has 0 aliphatic rings. The Morgan fingerprint density at radius 1 is 0.556 bits per heavy atom. The molecule has 0 bridgehead atoms. The van der Waals surface area contributed by atoms with Crippen LogP contribution in [-0.2, 0) is 0 Å². The fourth-order valence-corrected chi connectivity index (χ4v) is 2.30. The van der Waals surface area contributed by atoms with Crippen LogP contribution in [0.4, 0.5) is 0 Å². The van der Waals surface area contributed by atoms with Crippen LogP contribution < -0.4 is 5.84 Å². The Morgan fingerprint density at radius 3 is 1.39 bits per heavy atom. The summed E-state index contributed by atoms with van der Waals surface area (Å²) in [6.07, 6.45) is 16.4. The molecule has 0 saturated carbocycles.